The van der Waals surface area contributed by atoms with Gasteiger partial charge in [0.25, 0.3) is 5.56 Å². The maximum atomic E-state index is 11.5. The van der Waals surface area contributed by atoms with Crippen molar-refractivity contribution in [3.63, 3.8) is 0 Å². The normalized spacial score (nSPS) is 10.6. The van der Waals surface area contributed by atoms with E-state index >= 15 is 0 Å². The Morgan fingerprint density at radius 2 is 2.41 bits per heavy atom. The van der Waals surface area contributed by atoms with Gasteiger partial charge in [0.05, 0.1) is 6.33 Å². The summed E-state index contributed by atoms with van der Waals surface area (Å²) in [5, 5.41) is 10.9. The molecular weight excluding hydrogens is 230 g/mol. The molecule has 0 saturated carbocycles. The van der Waals surface area contributed by atoms with Gasteiger partial charge < -0.3 is 20.1 Å². The molecule has 0 spiro atoms. The van der Waals surface area contributed by atoms with Gasteiger partial charge in [-0.15, -0.1) is 0 Å². The van der Waals surface area contributed by atoms with Gasteiger partial charge in [-0.1, -0.05) is 0 Å². The summed E-state index contributed by atoms with van der Waals surface area (Å²) in [6.07, 6.45) is 1.36. The number of rotatable bonds is 5. The number of aromatic amines is 2. The third-order valence-electron chi connectivity index (χ3n) is 1.86. The van der Waals surface area contributed by atoms with E-state index in [1.165, 1.54) is 6.33 Å². The number of imidazole rings is 1. The van der Waals surface area contributed by atoms with Crippen molar-refractivity contribution in [3.05, 3.63) is 16.7 Å². The lowest BCUT2D eigenvalue weighted by Gasteiger charge is -2.04. The van der Waals surface area contributed by atoms with Crippen LogP contribution in [0.25, 0.3) is 11.2 Å². The van der Waals surface area contributed by atoms with E-state index in [1.807, 2.05) is 0 Å². The highest BCUT2D eigenvalue weighted by molar-refractivity contribution is 5.69. The average Bonchev–Trinajstić information content (AvgIpc) is 2.72. The van der Waals surface area contributed by atoms with Gasteiger partial charge in [0.15, 0.2) is 11.2 Å². The van der Waals surface area contributed by atoms with E-state index < -0.39 is 12.6 Å². The monoisotopic (exact) mass is 239 g/mol. The molecule has 0 atom stereocenters. The van der Waals surface area contributed by atoms with Crippen molar-refractivity contribution in [3.8, 4) is 0 Å². The Hall–Kier alpha value is -2.42. The maximum Gasteiger partial charge on any atom is 0.329 e. The highest BCUT2D eigenvalue weighted by atomic mass is 16.5. The Bertz CT molecular complexity index is 589. The Balaban J connectivity index is 2.04. The van der Waals surface area contributed by atoms with Gasteiger partial charge in [0, 0.05) is 0 Å². The van der Waals surface area contributed by atoms with Crippen LogP contribution in [0.1, 0.15) is 0 Å². The molecule has 0 fully saturated rings. The Labute approximate surface area is 93.9 Å². The average molecular weight is 239 g/mol. The second-order valence-electron chi connectivity index (χ2n) is 3.08. The first-order chi connectivity index (χ1) is 8.16. The summed E-state index contributed by atoms with van der Waals surface area (Å²) in [6, 6.07) is 0. The van der Waals surface area contributed by atoms with Crippen LogP contribution in [0, 0.1) is 0 Å². The molecule has 2 aromatic rings. The van der Waals surface area contributed by atoms with Crippen LogP contribution in [0.3, 0.4) is 0 Å². The van der Waals surface area contributed by atoms with E-state index in [0.29, 0.717) is 0 Å². The lowest BCUT2D eigenvalue weighted by atomic mass is 10.5. The Morgan fingerprint density at radius 3 is 3.18 bits per heavy atom. The zero-order valence-corrected chi connectivity index (χ0v) is 8.56. The molecule has 4 N–H and O–H groups in total. The number of carboxylic acid groups (broad SMARTS) is 1. The fraction of sp³-hybridized carbons (Fsp3) is 0.250. The van der Waals surface area contributed by atoms with Crippen LogP contribution in [-0.2, 0) is 9.53 Å². The van der Waals surface area contributed by atoms with E-state index in [9.17, 15) is 9.59 Å². The van der Waals surface area contributed by atoms with Crippen molar-refractivity contribution >= 4 is 23.1 Å². The molecule has 0 radical (unpaired) electrons. The summed E-state index contributed by atoms with van der Waals surface area (Å²) in [6.45, 7) is -0.507. The molecule has 90 valence electrons. The van der Waals surface area contributed by atoms with Crippen LogP contribution in [0.2, 0.25) is 0 Å². The van der Waals surface area contributed by atoms with Crippen molar-refractivity contribution in [1.29, 1.82) is 0 Å². The second-order valence-corrected chi connectivity index (χ2v) is 3.08. The molecule has 17 heavy (non-hydrogen) atoms. The van der Waals surface area contributed by atoms with Gasteiger partial charge in [0.1, 0.15) is 13.3 Å². The molecular formula is C8H9N5O4. The summed E-state index contributed by atoms with van der Waals surface area (Å²) >= 11 is 0. The fourth-order valence-corrected chi connectivity index (χ4v) is 1.18. The zero-order valence-electron chi connectivity index (χ0n) is 8.56. The summed E-state index contributed by atoms with van der Waals surface area (Å²) in [5.74, 6) is -0.906. The first kappa shape index (κ1) is 11.1. The largest absolute Gasteiger partial charge is 0.480 e. The second kappa shape index (κ2) is 4.61. The number of aromatic nitrogens is 4. The van der Waals surface area contributed by atoms with Gasteiger partial charge in [-0.2, -0.15) is 4.98 Å². The lowest BCUT2D eigenvalue weighted by Crippen LogP contribution is -2.17. The van der Waals surface area contributed by atoms with Gasteiger partial charge in [-0.25, -0.2) is 9.78 Å². The molecule has 0 aliphatic heterocycles. The van der Waals surface area contributed by atoms with Gasteiger partial charge in [-0.05, 0) is 0 Å². The first-order valence-electron chi connectivity index (χ1n) is 4.63. The van der Waals surface area contributed by atoms with E-state index in [0.717, 1.165) is 0 Å². The Kier molecular flexibility index (Phi) is 3.01. The number of hydrogen-bond acceptors (Lipinski definition) is 6. The number of H-pyrrole nitrogens is 2. The van der Waals surface area contributed by atoms with Crippen LogP contribution in [-0.4, -0.2) is 44.3 Å². The first-order valence-corrected chi connectivity index (χ1v) is 4.63. The fourth-order valence-electron chi connectivity index (χ4n) is 1.18. The Morgan fingerprint density at radius 1 is 1.59 bits per heavy atom. The number of hydrogen-bond donors (Lipinski definition) is 4. The number of anilines is 1. The van der Waals surface area contributed by atoms with Crippen LogP contribution in [0.4, 0.5) is 5.95 Å². The number of nitrogens with one attached hydrogen (secondary N) is 3. The molecule has 0 amide bonds. The minimum atomic E-state index is -1.07. The van der Waals surface area contributed by atoms with E-state index in [1.54, 1.807) is 0 Å². The lowest BCUT2D eigenvalue weighted by molar-refractivity contribution is -0.141. The van der Waals surface area contributed by atoms with Gasteiger partial charge in [-0.3, -0.25) is 9.78 Å². The molecule has 2 heterocycles. The van der Waals surface area contributed by atoms with E-state index in [2.05, 4.69) is 25.3 Å². The molecule has 9 nitrogen and oxygen atoms in total. The minimum absolute atomic E-state index is 0.0782. The molecule has 9 heteroatoms. The van der Waals surface area contributed by atoms with E-state index in [-0.39, 0.29) is 29.4 Å². The maximum absolute atomic E-state index is 11.5. The van der Waals surface area contributed by atoms with Crippen molar-refractivity contribution in [2.45, 2.75) is 0 Å². The zero-order chi connectivity index (χ0) is 12.3. The van der Waals surface area contributed by atoms with Crippen LogP contribution in [0.15, 0.2) is 11.1 Å². The predicted octanol–water partition coefficient (Wildman–Crippen LogP) is -0.883. The van der Waals surface area contributed by atoms with Crippen LogP contribution in [0.5, 0.6) is 0 Å². The third kappa shape index (κ3) is 2.58. The number of ether oxygens (including phenoxy) is 1. The quantitative estimate of drug-likeness (QED) is 0.393. The standard InChI is InChI=1S/C8H9N5O4/c14-4(15)1-17-3-11-8-12-6-5(7(16)13-8)9-2-10-6/h2H,1,3H2,(H,14,15)(H3,9,10,11,12,13,16). The number of aliphatic carboxylic acids is 1. The summed E-state index contributed by atoms with van der Waals surface area (Å²) < 4.78 is 4.73. The number of nitrogens with zero attached hydrogens (tertiary/aromatic N) is 2. The van der Waals surface area contributed by atoms with E-state index in [4.69, 9.17) is 9.84 Å². The summed E-state index contributed by atoms with van der Waals surface area (Å²) in [5.41, 5.74) is 0.185. The molecule has 0 saturated heterocycles. The number of carbonyl (C=O) groups is 1. The molecule has 0 aliphatic carbocycles. The minimum Gasteiger partial charge on any atom is -0.480 e. The summed E-state index contributed by atoms with van der Waals surface area (Å²) in [7, 11) is 0. The topological polar surface area (TPSA) is 133 Å². The molecule has 0 aliphatic rings. The molecule has 0 aromatic carbocycles. The molecule has 0 bridgehead atoms. The molecule has 2 rings (SSSR count). The SMILES string of the molecule is O=C(O)COCNc1nc2nc[nH]c2c(=O)[nH]1. The van der Waals surface area contributed by atoms with Crippen molar-refractivity contribution in [2.75, 3.05) is 18.7 Å². The van der Waals surface area contributed by atoms with Crippen LogP contribution >= 0.6 is 0 Å². The summed E-state index contributed by atoms with van der Waals surface area (Å²) in [4.78, 5) is 34.5. The number of fused-ring (bicyclic) bond motifs is 1. The molecule has 0 unspecified atom stereocenters. The van der Waals surface area contributed by atoms with Crippen molar-refractivity contribution < 1.29 is 14.6 Å². The van der Waals surface area contributed by atoms with Gasteiger partial charge >= 0.3 is 5.97 Å². The van der Waals surface area contributed by atoms with Crippen molar-refractivity contribution in [2.24, 2.45) is 0 Å². The molecule has 2 aromatic heterocycles. The van der Waals surface area contributed by atoms with Gasteiger partial charge in [0.2, 0.25) is 5.95 Å². The predicted molar refractivity (Wildman–Crippen MR) is 56.6 cm³/mol. The smallest absolute Gasteiger partial charge is 0.329 e. The van der Waals surface area contributed by atoms with Crippen LogP contribution < -0.4 is 10.9 Å². The third-order valence-corrected chi connectivity index (χ3v) is 1.86. The number of carboxylic acids is 1. The highest BCUT2D eigenvalue weighted by Crippen LogP contribution is 2.02. The van der Waals surface area contributed by atoms with Crippen molar-refractivity contribution in [1.82, 2.24) is 19.9 Å². The highest BCUT2D eigenvalue weighted by Gasteiger charge is 2.05.